The summed E-state index contributed by atoms with van der Waals surface area (Å²) in [6, 6.07) is -0.704. The molecule has 3 unspecified atom stereocenters. The third kappa shape index (κ3) is 42.5. The Hall–Kier alpha value is -2.18. The average Bonchev–Trinajstić information content (AvgIpc) is 3.24. The zero-order valence-corrected chi connectivity index (χ0v) is 39.8. The molecule has 1 amide bonds. The molecule has 0 heterocycles. The fourth-order valence-electron chi connectivity index (χ4n) is 7.80. The van der Waals surface area contributed by atoms with E-state index in [0.717, 1.165) is 83.5 Å². The number of nitrogens with one attached hydrogen (secondary N) is 1. The molecule has 0 bridgehead atoms. The Morgan fingerprint density at radius 1 is 0.483 bits per heavy atom. The highest BCUT2D eigenvalue weighted by molar-refractivity contribution is 5.77. The Morgan fingerprint density at radius 2 is 0.850 bits per heavy atom. The van der Waals surface area contributed by atoms with E-state index in [9.17, 15) is 19.8 Å². The Balaban J connectivity index is 4.45. The fraction of sp³-hybridized carbons (Fsp3) is 0.815. The molecule has 0 aromatic rings. The van der Waals surface area contributed by atoms with E-state index < -0.39 is 18.2 Å². The molecule has 6 nitrogen and oxygen atoms in total. The van der Waals surface area contributed by atoms with Crippen LogP contribution in [0.4, 0.5) is 0 Å². The first-order valence-corrected chi connectivity index (χ1v) is 25.9. The number of carbonyl (C=O) groups is 2. The van der Waals surface area contributed by atoms with E-state index in [4.69, 9.17) is 4.74 Å². The number of aliphatic hydroxyl groups excluding tert-OH is 2. The zero-order valence-electron chi connectivity index (χ0n) is 39.8. The minimum absolute atomic E-state index is 0.0690. The number of hydrogen-bond donors (Lipinski definition) is 3. The van der Waals surface area contributed by atoms with E-state index >= 15 is 0 Å². The summed E-state index contributed by atoms with van der Waals surface area (Å²) in [6.45, 7) is 6.43. The molecule has 350 valence electrons. The van der Waals surface area contributed by atoms with Gasteiger partial charge in [-0.15, -0.1) is 0 Å². The molecule has 60 heavy (non-hydrogen) atoms. The lowest BCUT2D eigenvalue weighted by atomic mass is 10.0. The number of esters is 1. The van der Waals surface area contributed by atoms with E-state index in [2.05, 4.69) is 74.7 Å². The molecule has 0 saturated heterocycles. The Morgan fingerprint density at radius 3 is 1.32 bits per heavy atom. The molecule has 6 heteroatoms. The SMILES string of the molecule is CCCCC/C=C/C=C/C=C/C=C/CCCCCCCC(=O)OC(CCCCCCCCCC)CC(=O)NC(CO)C(O)CCCCCCCCCCCCCCCCC. The second kappa shape index (κ2) is 47.9. The molecule has 0 aromatic heterocycles. The van der Waals surface area contributed by atoms with Gasteiger partial charge in [-0.05, 0) is 51.4 Å². The Kier molecular flexibility index (Phi) is 46.1. The van der Waals surface area contributed by atoms with Crippen molar-refractivity contribution >= 4 is 11.9 Å². The standard InChI is InChI=1S/C54H99NO5/c1-4-7-10-13-16-19-21-23-25-26-27-29-31-33-35-38-41-44-47-54(59)60-50(45-42-39-36-18-15-12-9-6-3)48-53(58)55-51(49-56)52(57)46-43-40-37-34-32-30-28-24-22-20-17-14-11-8-5-2/h16,19,21,23,25-27,29,50-52,56-57H,4-15,17-18,20,22,24,28,30-49H2,1-3H3,(H,55,58)/b19-16+,23-21+,26-25+,29-27+. The van der Waals surface area contributed by atoms with Gasteiger partial charge < -0.3 is 20.3 Å². The molecular weight excluding hydrogens is 743 g/mol. The van der Waals surface area contributed by atoms with E-state index in [1.807, 2.05) is 0 Å². The topological polar surface area (TPSA) is 95.9 Å². The molecule has 0 saturated carbocycles. The van der Waals surface area contributed by atoms with Crippen molar-refractivity contribution in [2.75, 3.05) is 6.61 Å². The van der Waals surface area contributed by atoms with Crippen LogP contribution in [0.3, 0.4) is 0 Å². The lowest BCUT2D eigenvalue weighted by molar-refractivity contribution is -0.151. The third-order valence-electron chi connectivity index (χ3n) is 11.8. The lowest BCUT2D eigenvalue weighted by Crippen LogP contribution is -2.46. The van der Waals surface area contributed by atoms with Crippen molar-refractivity contribution in [2.24, 2.45) is 0 Å². The number of carbonyl (C=O) groups excluding carboxylic acids is 2. The molecule has 0 radical (unpaired) electrons. The average molecular weight is 842 g/mol. The summed E-state index contributed by atoms with van der Waals surface area (Å²) < 4.78 is 5.90. The summed E-state index contributed by atoms with van der Waals surface area (Å²) in [7, 11) is 0. The summed E-state index contributed by atoms with van der Waals surface area (Å²) in [5.41, 5.74) is 0. The first-order chi connectivity index (χ1) is 29.5. The predicted molar refractivity (Wildman–Crippen MR) is 259 cm³/mol. The van der Waals surface area contributed by atoms with Gasteiger partial charge in [-0.25, -0.2) is 0 Å². The number of hydrogen-bond acceptors (Lipinski definition) is 5. The monoisotopic (exact) mass is 842 g/mol. The van der Waals surface area contributed by atoms with Gasteiger partial charge >= 0.3 is 5.97 Å². The van der Waals surface area contributed by atoms with Crippen molar-refractivity contribution in [3.05, 3.63) is 48.6 Å². The van der Waals surface area contributed by atoms with Gasteiger partial charge in [0.2, 0.25) is 5.91 Å². The summed E-state index contributed by atoms with van der Waals surface area (Å²) >= 11 is 0. The number of aliphatic hydroxyl groups is 2. The second-order valence-corrected chi connectivity index (χ2v) is 17.7. The predicted octanol–water partition coefficient (Wildman–Crippen LogP) is 15.5. The maximum atomic E-state index is 13.2. The van der Waals surface area contributed by atoms with Crippen molar-refractivity contribution < 1.29 is 24.5 Å². The van der Waals surface area contributed by atoms with Gasteiger partial charge in [-0.3, -0.25) is 9.59 Å². The largest absolute Gasteiger partial charge is 0.462 e. The minimum Gasteiger partial charge on any atom is -0.462 e. The molecule has 3 N–H and O–H groups in total. The minimum atomic E-state index is -0.790. The number of allylic oxidation sites excluding steroid dienone is 8. The van der Waals surface area contributed by atoms with Gasteiger partial charge in [-0.1, -0.05) is 243 Å². The van der Waals surface area contributed by atoms with E-state index in [1.54, 1.807) is 0 Å². The maximum Gasteiger partial charge on any atom is 0.306 e. The van der Waals surface area contributed by atoms with Gasteiger partial charge in [0.25, 0.3) is 0 Å². The van der Waals surface area contributed by atoms with Crippen LogP contribution < -0.4 is 5.32 Å². The summed E-state index contributed by atoms with van der Waals surface area (Å²) in [5.74, 6) is -0.497. The molecule has 3 atom stereocenters. The molecule has 0 aliphatic heterocycles. The molecular formula is C54H99NO5. The highest BCUT2D eigenvalue weighted by Gasteiger charge is 2.24. The van der Waals surface area contributed by atoms with Gasteiger partial charge in [0.05, 0.1) is 25.2 Å². The van der Waals surface area contributed by atoms with Crippen LogP contribution in [0, 0.1) is 0 Å². The number of rotatable bonds is 46. The fourth-order valence-corrected chi connectivity index (χ4v) is 7.80. The van der Waals surface area contributed by atoms with Crippen LogP contribution in [0.1, 0.15) is 258 Å². The van der Waals surface area contributed by atoms with Gasteiger partial charge in [0.1, 0.15) is 6.10 Å². The smallest absolute Gasteiger partial charge is 0.306 e. The lowest BCUT2D eigenvalue weighted by Gasteiger charge is -2.24. The summed E-state index contributed by atoms with van der Waals surface area (Å²) in [6.07, 6.45) is 57.4. The summed E-state index contributed by atoms with van der Waals surface area (Å²) in [4.78, 5) is 26.0. The quantitative estimate of drug-likeness (QED) is 0.0322. The molecule has 0 rings (SSSR count). The van der Waals surface area contributed by atoms with Crippen LogP contribution in [0.15, 0.2) is 48.6 Å². The van der Waals surface area contributed by atoms with E-state index in [-0.39, 0.29) is 24.9 Å². The van der Waals surface area contributed by atoms with Gasteiger partial charge in [0, 0.05) is 6.42 Å². The second-order valence-electron chi connectivity index (χ2n) is 17.7. The molecule has 0 fully saturated rings. The highest BCUT2D eigenvalue weighted by Crippen LogP contribution is 2.18. The number of amides is 1. The van der Waals surface area contributed by atoms with Crippen molar-refractivity contribution in [3.8, 4) is 0 Å². The van der Waals surface area contributed by atoms with Crippen LogP contribution in [0.2, 0.25) is 0 Å². The van der Waals surface area contributed by atoms with E-state index in [1.165, 1.54) is 128 Å². The first-order valence-electron chi connectivity index (χ1n) is 25.9. The van der Waals surface area contributed by atoms with Crippen LogP contribution in [-0.4, -0.2) is 46.9 Å². The number of unbranched alkanes of at least 4 members (excludes halogenated alkanes) is 29. The van der Waals surface area contributed by atoms with Crippen LogP contribution >= 0.6 is 0 Å². The van der Waals surface area contributed by atoms with Crippen molar-refractivity contribution in [1.82, 2.24) is 5.32 Å². The van der Waals surface area contributed by atoms with E-state index in [0.29, 0.717) is 19.3 Å². The van der Waals surface area contributed by atoms with Crippen molar-refractivity contribution in [1.29, 1.82) is 0 Å². The molecule has 0 aliphatic rings. The molecule has 0 aromatic carbocycles. The van der Waals surface area contributed by atoms with Crippen molar-refractivity contribution in [3.63, 3.8) is 0 Å². The van der Waals surface area contributed by atoms with Crippen LogP contribution in [-0.2, 0) is 14.3 Å². The van der Waals surface area contributed by atoms with Crippen LogP contribution in [0.5, 0.6) is 0 Å². The Bertz CT molecular complexity index is 1040. The normalized spacial score (nSPS) is 13.6. The van der Waals surface area contributed by atoms with Gasteiger partial charge in [-0.2, -0.15) is 0 Å². The summed E-state index contributed by atoms with van der Waals surface area (Å²) in [5, 5.41) is 23.7. The highest BCUT2D eigenvalue weighted by atomic mass is 16.5. The molecule has 0 spiro atoms. The first kappa shape index (κ1) is 57.8. The Labute approximate surface area is 372 Å². The zero-order chi connectivity index (χ0) is 43.8. The van der Waals surface area contributed by atoms with Gasteiger partial charge in [0.15, 0.2) is 0 Å². The van der Waals surface area contributed by atoms with Crippen LogP contribution in [0.25, 0.3) is 0 Å². The van der Waals surface area contributed by atoms with Crippen molar-refractivity contribution in [2.45, 2.75) is 277 Å². The third-order valence-corrected chi connectivity index (χ3v) is 11.8. The number of ether oxygens (including phenoxy) is 1. The molecule has 0 aliphatic carbocycles. The maximum absolute atomic E-state index is 13.2.